The molecule has 0 bridgehead atoms. The van der Waals surface area contributed by atoms with E-state index in [1.54, 1.807) is 30.3 Å². The van der Waals surface area contributed by atoms with Crippen molar-refractivity contribution in [3.63, 3.8) is 0 Å². The minimum absolute atomic E-state index is 0.0397. The zero-order chi connectivity index (χ0) is 24.7. The van der Waals surface area contributed by atoms with E-state index in [4.69, 9.17) is 37.1 Å². The third kappa shape index (κ3) is 6.10. The van der Waals surface area contributed by atoms with Crippen LogP contribution in [0.2, 0.25) is 10.0 Å². The molecular weight excluding hydrogens is 483 g/mol. The number of ether oxygens (including phenoxy) is 3. The number of esters is 1. The van der Waals surface area contributed by atoms with Crippen LogP contribution in [0.4, 0.5) is 5.69 Å². The van der Waals surface area contributed by atoms with Gasteiger partial charge in [-0.2, -0.15) is 5.26 Å². The first-order chi connectivity index (χ1) is 16.3. The highest BCUT2D eigenvalue weighted by Gasteiger charge is 2.14. The quantitative estimate of drug-likeness (QED) is 0.246. The van der Waals surface area contributed by atoms with Gasteiger partial charge >= 0.3 is 5.97 Å². The van der Waals surface area contributed by atoms with Gasteiger partial charge in [0, 0.05) is 5.69 Å². The molecule has 3 aromatic rings. The van der Waals surface area contributed by atoms with Crippen LogP contribution in [0.3, 0.4) is 0 Å². The van der Waals surface area contributed by atoms with E-state index in [1.165, 1.54) is 38.5 Å². The van der Waals surface area contributed by atoms with Gasteiger partial charge < -0.3 is 23.9 Å². The van der Waals surface area contributed by atoms with Crippen LogP contribution in [-0.2, 0) is 16.1 Å². The molecule has 0 aliphatic carbocycles. The van der Waals surface area contributed by atoms with Gasteiger partial charge in [-0.15, -0.1) is 0 Å². The molecule has 1 aromatic heterocycles. The minimum Gasteiger partial charge on any atom is -0.493 e. The molecule has 8 nitrogen and oxygen atoms in total. The molecule has 3 rings (SSSR count). The number of nitrogens with one attached hydrogen (secondary N) is 1. The average Bonchev–Trinajstić information content (AvgIpc) is 3.32. The fraction of sp³-hybridized carbons (Fsp3) is 0.125. The molecule has 0 aliphatic heterocycles. The summed E-state index contributed by atoms with van der Waals surface area (Å²) in [5.74, 6) is 0.0508. The number of nitrogens with zero attached hydrogens (tertiary/aromatic N) is 1. The summed E-state index contributed by atoms with van der Waals surface area (Å²) >= 11 is 11.8. The Kier molecular flexibility index (Phi) is 8.19. The van der Waals surface area contributed by atoms with Crippen molar-refractivity contribution in [1.29, 1.82) is 5.26 Å². The summed E-state index contributed by atoms with van der Waals surface area (Å²) < 4.78 is 21.0. The highest BCUT2D eigenvalue weighted by molar-refractivity contribution is 6.42. The Morgan fingerprint density at radius 2 is 1.85 bits per heavy atom. The Morgan fingerprint density at radius 3 is 2.53 bits per heavy atom. The molecule has 0 saturated heterocycles. The smallest absolute Gasteiger partial charge is 0.373 e. The SMILES string of the molecule is COC(=O)c1ccc(COc2ccc(C=C(C#N)C(=O)Nc3ccc(Cl)c(Cl)c3)cc2OC)o1. The van der Waals surface area contributed by atoms with Crippen LogP contribution < -0.4 is 14.8 Å². The second kappa shape index (κ2) is 11.3. The summed E-state index contributed by atoms with van der Waals surface area (Å²) in [5, 5.41) is 12.7. The number of hydrogen-bond acceptors (Lipinski definition) is 7. The number of methoxy groups -OCH3 is 2. The molecule has 2 aromatic carbocycles. The second-order valence-corrected chi connectivity index (χ2v) is 7.52. The number of nitriles is 1. The van der Waals surface area contributed by atoms with E-state index in [1.807, 2.05) is 6.07 Å². The topological polar surface area (TPSA) is 111 Å². The molecule has 1 heterocycles. The van der Waals surface area contributed by atoms with Crippen LogP contribution in [-0.4, -0.2) is 26.1 Å². The summed E-state index contributed by atoms with van der Waals surface area (Å²) in [6.07, 6.45) is 1.41. The Hall–Kier alpha value is -3.93. The van der Waals surface area contributed by atoms with Gasteiger partial charge in [-0.05, 0) is 54.1 Å². The number of hydrogen-bond donors (Lipinski definition) is 1. The number of anilines is 1. The summed E-state index contributed by atoms with van der Waals surface area (Å²) in [6, 6.07) is 14.5. The van der Waals surface area contributed by atoms with Gasteiger partial charge in [-0.1, -0.05) is 29.3 Å². The molecule has 174 valence electrons. The van der Waals surface area contributed by atoms with Crippen LogP contribution in [0, 0.1) is 11.3 Å². The van der Waals surface area contributed by atoms with E-state index >= 15 is 0 Å². The van der Waals surface area contributed by atoms with Crippen molar-refractivity contribution >= 4 is 46.8 Å². The molecule has 0 unspecified atom stereocenters. The lowest BCUT2D eigenvalue weighted by Gasteiger charge is -2.11. The summed E-state index contributed by atoms with van der Waals surface area (Å²) in [5.41, 5.74) is 0.805. The third-order valence-electron chi connectivity index (χ3n) is 4.46. The van der Waals surface area contributed by atoms with Crippen molar-refractivity contribution in [2.45, 2.75) is 6.61 Å². The largest absolute Gasteiger partial charge is 0.493 e. The Morgan fingerprint density at radius 1 is 1.06 bits per heavy atom. The van der Waals surface area contributed by atoms with Gasteiger partial charge in [0.25, 0.3) is 5.91 Å². The predicted molar refractivity (Wildman–Crippen MR) is 126 cm³/mol. The molecule has 1 amide bonds. The fourth-order valence-corrected chi connectivity index (χ4v) is 3.09. The van der Waals surface area contributed by atoms with Gasteiger partial charge in [0.05, 0.1) is 24.3 Å². The Bertz CT molecular complexity index is 1290. The Balaban J connectivity index is 1.73. The molecule has 0 radical (unpaired) electrons. The molecular formula is C24H18Cl2N2O6. The maximum Gasteiger partial charge on any atom is 0.373 e. The molecule has 10 heteroatoms. The van der Waals surface area contributed by atoms with Gasteiger partial charge in [0.1, 0.15) is 24.0 Å². The van der Waals surface area contributed by atoms with E-state index in [-0.39, 0.29) is 23.0 Å². The van der Waals surface area contributed by atoms with Crippen LogP contribution in [0.1, 0.15) is 21.9 Å². The number of rotatable bonds is 8. The highest BCUT2D eigenvalue weighted by atomic mass is 35.5. The lowest BCUT2D eigenvalue weighted by Crippen LogP contribution is -2.13. The molecule has 0 spiro atoms. The number of benzene rings is 2. The van der Waals surface area contributed by atoms with Gasteiger partial charge in [0.2, 0.25) is 5.76 Å². The monoisotopic (exact) mass is 500 g/mol. The van der Waals surface area contributed by atoms with Gasteiger partial charge in [-0.25, -0.2) is 4.79 Å². The first-order valence-corrected chi connectivity index (χ1v) is 10.5. The van der Waals surface area contributed by atoms with Crippen molar-refractivity contribution in [3.8, 4) is 17.6 Å². The number of carbonyl (C=O) groups excluding carboxylic acids is 2. The fourth-order valence-electron chi connectivity index (χ4n) is 2.80. The van der Waals surface area contributed by atoms with Crippen molar-refractivity contribution in [2.75, 3.05) is 19.5 Å². The van der Waals surface area contributed by atoms with Gasteiger partial charge in [-0.3, -0.25) is 4.79 Å². The van der Waals surface area contributed by atoms with E-state index in [0.29, 0.717) is 33.5 Å². The van der Waals surface area contributed by atoms with Crippen LogP contribution in [0.25, 0.3) is 6.08 Å². The second-order valence-electron chi connectivity index (χ2n) is 6.71. The number of furan rings is 1. The maximum absolute atomic E-state index is 12.5. The third-order valence-corrected chi connectivity index (χ3v) is 5.20. The number of halogens is 2. The van der Waals surface area contributed by atoms with E-state index in [9.17, 15) is 14.9 Å². The zero-order valence-corrected chi connectivity index (χ0v) is 19.6. The van der Waals surface area contributed by atoms with E-state index < -0.39 is 11.9 Å². The maximum atomic E-state index is 12.5. The first-order valence-electron chi connectivity index (χ1n) is 9.70. The lowest BCUT2D eigenvalue weighted by atomic mass is 10.1. The van der Waals surface area contributed by atoms with Crippen molar-refractivity contribution in [1.82, 2.24) is 0 Å². The molecule has 0 aliphatic rings. The Labute approximate surface area is 205 Å². The summed E-state index contributed by atoms with van der Waals surface area (Å²) in [6.45, 7) is 0.0397. The lowest BCUT2D eigenvalue weighted by molar-refractivity contribution is -0.112. The van der Waals surface area contributed by atoms with Crippen LogP contribution in [0.15, 0.2) is 58.5 Å². The van der Waals surface area contributed by atoms with E-state index in [0.717, 1.165) is 0 Å². The van der Waals surface area contributed by atoms with Gasteiger partial charge in [0.15, 0.2) is 11.5 Å². The predicted octanol–water partition coefficient (Wildman–Crippen LogP) is 5.51. The van der Waals surface area contributed by atoms with Crippen molar-refractivity contribution in [2.24, 2.45) is 0 Å². The summed E-state index contributed by atoms with van der Waals surface area (Å²) in [7, 11) is 2.72. The van der Waals surface area contributed by atoms with E-state index in [2.05, 4.69) is 10.1 Å². The normalized spacial score (nSPS) is 10.9. The van der Waals surface area contributed by atoms with Crippen molar-refractivity contribution < 1.29 is 28.2 Å². The molecule has 1 N–H and O–H groups in total. The minimum atomic E-state index is -0.612. The van der Waals surface area contributed by atoms with Crippen molar-refractivity contribution in [3.05, 3.63) is 81.2 Å². The molecule has 0 saturated carbocycles. The molecule has 34 heavy (non-hydrogen) atoms. The summed E-state index contributed by atoms with van der Waals surface area (Å²) in [4.78, 5) is 24.0. The first kappa shape index (κ1) is 24.7. The standard InChI is InChI=1S/C24H18Cl2N2O6/c1-31-22-10-14(3-7-20(22)33-13-17-5-8-21(34-17)24(30)32-2)9-15(12-27)23(29)28-16-4-6-18(25)19(26)11-16/h3-11H,13H2,1-2H3,(H,28,29). The molecule has 0 fully saturated rings. The molecule has 0 atom stereocenters. The zero-order valence-electron chi connectivity index (χ0n) is 18.1. The highest BCUT2D eigenvalue weighted by Crippen LogP contribution is 2.30. The van der Waals surface area contributed by atoms with Crippen LogP contribution in [0.5, 0.6) is 11.5 Å². The average molecular weight is 501 g/mol. The number of amides is 1. The number of carbonyl (C=O) groups is 2. The van der Waals surface area contributed by atoms with Crippen LogP contribution >= 0.6 is 23.2 Å².